The van der Waals surface area contributed by atoms with E-state index in [2.05, 4.69) is 10.2 Å². The van der Waals surface area contributed by atoms with Gasteiger partial charge in [0.05, 0.1) is 18.7 Å². The van der Waals surface area contributed by atoms with Crippen LogP contribution in [0.2, 0.25) is 0 Å². The lowest BCUT2D eigenvalue weighted by atomic mass is 9.94. The minimum Gasteiger partial charge on any atom is -0.465 e. The molecule has 1 saturated heterocycles. The normalized spacial score (nSPS) is 22.0. The third-order valence-corrected chi connectivity index (χ3v) is 5.18. The van der Waals surface area contributed by atoms with Crippen molar-refractivity contribution in [2.24, 2.45) is 0 Å². The topological polar surface area (TPSA) is 58.6 Å². The van der Waals surface area contributed by atoms with Gasteiger partial charge >= 0.3 is 5.97 Å². The Kier molecular flexibility index (Phi) is 5.51. The molecule has 1 atom stereocenters. The summed E-state index contributed by atoms with van der Waals surface area (Å²) in [5.74, 6) is -0.0725. The van der Waals surface area contributed by atoms with Crippen molar-refractivity contribution in [2.45, 2.75) is 57.2 Å². The zero-order valence-electron chi connectivity index (χ0n) is 14.3. The van der Waals surface area contributed by atoms with Gasteiger partial charge in [-0.25, -0.2) is 4.79 Å². The molecule has 1 aliphatic carbocycles. The third-order valence-electron chi connectivity index (χ3n) is 5.18. The Bertz CT molecular complexity index is 579. The number of carbonyl (C=O) groups is 2. The van der Waals surface area contributed by atoms with Crippen molar-refractivity contribution in [3.8, 4) is 0 Å². The smallest absolute Gasteiger partial charge is 0.337 e. The number of amides is 1. The van der Waals surface area contributed by atoms with E-state index >= 15 is 0 Å². The maximum Gasteiger partial charge on any atom is 0.337 e. The average molecular weight is 330 g/mol. The molecule has 1 N–H and O–H groups in total. The highest BCUT2D eigenvalue weighted by molar-refractivity contribution is 5.89. The van der Waals surface area contributed by atoms with Gasteiger partial charge in [0.2, 0.25) is 5.91 Å². The molecule has 2 aliphatic rings. The van der Waals surface area contributed by atoms with E-state index in [4.69, 9.17) is 4.74 Å². The summed E-state index contributed by atoms with van der Waals surface area (Å²) in [5.41, 5.74) is 1.60. The molecule has 5 heteroatoms. The van der Waals surface area contributed by atoms with Crippen molar-refractivity contribution in [3.05, 3.63) is 35.4 Å². The summed E-state index contributed by atoms with van der Waals surface area (Å²) in [6.07, 6.45) is 7.01. The molecule has 0 bridgehead atoms. The van der Waals surface area contributed by atoms with Crippen LogP contribution in [0.3, 0.4) is 0 Å². The fourth-order valence-electron chi connectivity index (χ4n) is 3.76. The number of rotatable bonds is 5. The van der Waals surface area contributed by atoms with E-state index in [9.17, 15) is 9.59 Å². The van der Waals surface area contributed by atoms with Gasteiger partial charge in [-0.3, -0.25) is 4.79 Å². The Balaban J connectivity index is 1.51. The Labute approximate surface area is 143 Å². The lowest BCUT2D eigenvalue weighted by molar-refractivity contribution is -0.132. The van der Waals surface area contributed by atoms with Gasteiger partial charge in [-0.05, 0) is 37.0 Å². The molecule has 1 aromatic carbocycles. The molecular weight excluding hydrogens is 304 g/mol. The van der Waals surface area contributed by atoms with Crippen molar-refractivity contribution in [1.29, 1.82) is 0 Å². The Morgan fingerprint density at radius 1 is 1.17 bits per heavy atom. The number of ether oxygens (including phenoxy) is 1. The summed E-state index contributed by atoms with van der Waals surface area (Å²) in [5, 5.41) is 3.37. The summed E-state index contributed by atoms with van der Waals surface area (Å²) in [6, 6.07) is 7.70. The minimum absolute atomic E-state index is 0.0767. The van der Waals surface area contributed by atoms with Crippen LogP contribution in [0, 0.1) is 0 Å². The molecule has 0 radical (unpaired) electrons. The van der Waals surface area contributed by atoms with Crippen LogP contribution in [0.1, 0.15) is 54.4 Å². The number of hydrogen-bond donors (Lipinski definition) is 1. The van der Waals surface area contributed by atoms with Gasteiger partial charge in [0.1, 0.15) is 0 Å². The number of esters is 1. The number of hydrogen-bond acceptors (Lipinski definition) is 4. The second-order valence-electron chi connectivity index (χ2n) is 6.73. The maximum absolute atomic E-state index is 12.6. The predicted molar refractivity (Wildman–Crippen MR) is 91.6 cm³/mol. The van der Waals surface area contributed by atoms with Gasteiger partial charge < -0.3 is 15.0 Å². The Morgan fingerprint density at radius 3 is 2.54 bits per heavy atom. The number of likely N-dealkylation sites (tertiary alicyclic amines) is 1. The molecule has 5 nitrogen and oxygen atoms in total. The fourth-order valence-corrected chi connectivity index (χ4v) is 3.76. The van der Waals surface area contributed by atoms with Crippen LogP contribution in [0.5, 0.6) is 0 Å². The van der Waals surface area contributed by atoms with Crippen molar-refractivity contribution in [2.75, 3.05) is 13.7 Å². The molecule has 0 spiro atoms. The van der Waals surface area contributed by atoms with E-state index in [0.717, 1.165) is 31.4 Å². The highest BCUT2D eigenvalue weighted by Crippen LogP contribution is 2.26. The van der Waals surface area contributed by atoms with E-state index < -0.39 is 0 Å². The Morgan fingerprint density at radius 2 is 1.88 bits per heavy atom. The van der Waals surface area contributed by atoms with Crippen LogP contribution < -0.4 is 5.32 Å². The van der Waals surface area contributed by atoms with Gasteiger partial charge in [-0.15, -0.1) is 0 Å². The maximum atomic E-state index is 12.6. The van der Waals surface area contributed by atoms with Crippen molar-refractivity contribution < 1.29 is 14.3 Å². The number of nitrogens with zero attached hydrogens (tertiary/aromatic N) is 1. The van der Waals surface area contributed by atoms with Crippen LogP contribution in [0.15, 0.2) is 24.3 Å². The van der Waals surface area contributed by atoms with Crippen LogP contribution in [-0.4, -0.2) is 42.5 Å². The first-order chi connectivity index (χ1) is 11.7. The van der Waals surface area contributed by atoms with E-state index in [1.807, 2.05) is 12.1 Å². The molecule has 1 aromatic rings. The quantitative estimate of drug-likeness (QED) is 0.843. The van der Waals surface area contributed by atoms with Gasteiger partial charge in [0, 0.05) is 19.1 Å². The zero-order chi connectivity index (χ0) is 16.9. The highest BCUT2D eigenvalue weighted by atomic mass is 16.5. The average Bonchev–Trinajstić information content (AvgIpc) is 3.01. The van der Waals surface area contributed by atoms with E-state index in [1.54, 1.807) is 12.1 Å². The van der Waals surface area contributed by atoms with Crippen molar-refractivity contribution >= 4 is 11.9 Å². The molecule has 0 unspecified atom stereocenters. The van der Waals surface area contributed by atoms with Crippen LogP contribution in [0.25, 0.3) is 0 Å². The number of methoxy groups -OCH3 is 1. The first-order valence-electron chi connectivity index (χ1n) is 8.90. The lowest BCUT2D eigenvalue weighted by Gasteiger charge is -2.31. The highest BCUT2D eigenvalue weighted by Gasteiger charge is 2.35. The Hall–Kier alpha value is -1.88. The van der Waals surface area contributed by atoms with Gasteiger partial charge in [0.25, 0.3) is 0 Å². The fraction of sp³-hybridized carbons (Fsp3) is 0.579. The van der Waals surface area contributed by atoms with Crippen LogP contribution in [0.4, 0.5) is 0 Å². The summed E-state index contributed by atoms with van der Waals surface area (Å²) in [7, 11) is 1.38. The van der Waals surface area contributed by atoms with Crippen LogP contribution in [-0.2, 0) is 16.1 Å². The second kappa shape index (κ2) is 7.79. The SMILES string of the molecule is COC(=O)c1ccc(CN[C@H]2CCN(C3CCCCC3)C2=O)cc1. The van der Waals surface area contributed by atoms with Crippen molar-refractivity contribution in [3.63, 3.8) is 0 Å². The summed E-state index contributed by atoms with van der Waals surface area (Å²) in [4.78, 5) is 26.1. The minimum atomic E-state index is -0.330. The van der Waals surface area contributed by atoms with E-state index in [1.165, 1.54) is 26.4 Å². The molecular formula is C19H26N2O3. The predicted octanol–water partition coefficient (Wildman–Crippen LogP) is 2.50. The first kappa shape index (κ1) is 17.0. The van der Waals surface area contributed by atoms with Gasteiger partial charge in [-0.2, -0.15) is 0 Å². The molecule has 130 valence electrons. The molecule has 1 heterocycles. The molecule has 0 aromatic heterocycles. The standard InChI is InChI=1S/C19H26N2O3/c1-24-19(23)15-9-7-14(8-10-15)13-20-17-11-12-21(18(17)22)16-5-3-2-4-6-16/h7-10,16-17,20H,2-6,11-13H2,1H3/t17-/m0/s1. The largest absolute Gasteiger partial charge is 0.465 e. The molecule has 1 saturated carbocycles. The number of carbonyl (C=O) groups excluding carboxylic acids is 2. The molecule has 1 amide bonds. The lowest BCUT2D eigenvalue weighted by Crippen LogP contribution is -2.43. The first-order valence-corrected chi connectivity index (χ1v) is 8.90. The molecule has 2 fully saturated rings. The zero-order valence-corrected chi connectivity index (χ0v) is 14.3. The number of nitrogens with one attached hydrogen (secondary N) is 1. The molecule has 1 aliphatic heterocycles. The van der Waals surface area contributed by atoms with E-state index in [0.29, 0.717) is 18.2 Å². The van der Waals surface area contributed by atoms with Crippen molar-refractivity contribution in [1.82, 2.24) is 10.2 Å². The monoisotopic (exact) mass is 330 g/mol. The van der Waals surface area contributed by atoms with Crippen LogP contribution >= 0.6 is 0 Å². The second-order valence-corrected chi connectivity index (χ2v) is 6.73. The van der Waals surface area contributed by atoms with Gasteiger partial charge in [0.15, 0.2) is 0 Å². The third kappa shape index (κ3) is 3.78. The summed E-state index contributed by atoms with van der Waals surface area (Å²) >= 11 is 0. The van der Waals surface area contributed by atoms with E-state index in [-0.39, 0.29) is 17.9 Å². The summed E-state index contributed by atoms with van der Waals surface area (Å²) < 4.78 is 4.70. The molecule has 24 heavy (non-hydrogen) atoms. The number of benzene rings is 1. The summed E-state index contributed by atoms with van der Waals surface area (Å²) in [6.45, 7) is 1.51. The molecule has 3 rings (SSSR count). The van der Waals surface area contributed by atoms with Gasteiger partial charge in [-0.1, -0.05) is 31.4 Å².